The largest absolute Gasteiger partial charge is 0.394 e. The van der Waals surface area contributed by atoms with Crippen molar-refractivity contribution < 1.29 is 13.2 Å². The van der Waals surface area contributed by atoms with Crippen molar-refractivity contribution in [3.63, 3.8) is 0 Å². The molecular formula is C138H161F3. The van der Waals surface area contributed by atoms with Gasteiger partial charge < -0.3 is 0 Å². The number of halogens is 3. The third kappa shape index (κ3) is 35.2. The van der Waals surface area contributed by atoms with Crippen LogP contribution in [0, 0.1) is 127 Å². The van der Waals surface area contributed by atoms with Crippen LogP contribution in [0.1, 0.15) is 244 Å². The molecule has 0 saturated heterocycles. The highest BCUT2D eigenvalue weighted by Gasteiger charge is 2.47. The maximum Gasteiger partial charge on any atom is 0.394 e. The lowest BCUT2D eigenvalue weighted by Crippen LogP contribution is -2.34. The highest BCUT2D eigenvalue weighted by molar-refractivity contribution is 5.72. The Balaban J connectivity index is 0.000000181. The van der Waals surface area contributed by atoms with E-state index in [0.717, 1.165) is 36.3 Å². The molecule has 0 aliphatic carbocycles. The standard InChI is InChI=1S/C20H26.C19H21F3.C19H24.C18H22.C17H20.C16H18.C15H16.C14H14/c1-14(2)12-17-7-10-18(11-8-17)19-9-6-16(5)20(13-19)15(3)4;1-13-5-8-17(11-14(13)2)16-9-6-15(7-10-16)12-18(3,4)19(20,21)22;1-14-6-9-18(12-15(14)2)17-10-7-16(8-11-17)13-19(3,4)5;1-13(2)11-16-6-9-17(10-7-16)18-8-5-14(3)15(4)12-18;1-12(2)17-11-16(10-7-14(17)4)15-8-5-13(3)6-9-15;1-12(2)16-11-15(10-9-13(16)3)14-7-5-4-6-8-14;1-11-4-7-14(8-5-11)15-9-6-12(2)13(3)10-15;1-11-8-9-14(10-12(11)2)13-6-4-3-5-7-13/h6-11,13-15H,12H2,1-5H3;5-11H,12H2,1-4H3;6-12H,13H2,1-5H3;5-10,12-13H,11H2,1-4H3;5-12H,1-4H3;4-12H,1-3H3;4-10H,1-3H3;3-10H,1-2H3. The first-order valence-electron chi connectivity index (χ1n) is 51.0. The van der Waals surface area contributed by atoms with E-state index in [1.807, 2.05) is 24.3 Å². The summed E-state index contributed by atoms with van der Waals surface area (Å²) in [6.07, 6.45) is -0.762. The minimum atomic E-state index is -4.19. The fourth-order valence-electron chi connectivity index (χ4n) is 17.1. The van der Waals surface area contributed by atoms with Gasteiger partial charge in [-0.05, 0) is 365 Å². The van der Waals surface area contributed by atoms with Crippen LogP contribution in [0.4, 0.5) is 13.2 Å². The van der Waals surface area contributed by atoms with Crippen LogP contribution in [-0.4, -0.2) is 6.18 Å². The van der Waals surface area contributed by atoms with Gasteiger partial charge in [-0.3, -0.25) is 0 Å². The van der Waals surface area contributed by atoms with E-state index >= 15 is 0 Å². The topological polar surface area (TPSA) is 0 Å². The first-order chi connectivity index (χ1) is 66.7. The smallest absolute Gasteiger partial charge is 0.171 e. The molecule has 0 fully saturated rings. The van der Waals surface area contributed by atoms with Gasteiger partial charge in [0.1, 0.15) is 0 Å². The van der Waals surface area contributed by atoms with Crippen LogP contribution in [0.15, 0.2) is 352 Å². The summed E-state index contributed by atoms with van der Waals surface area (Å²) in [7, 11) is 0. The van der Waals surface area contributed by atoms with Gasteiger partial charge in [-0.2, -0.15) is 13.2 Å². The molecule has 0 heterocycles. The first-order valence-corrected chi connectivity index (χ1v) is 51.0. The van der Waals surface area contributed by atoms with Crippen LogP contribution in [0.2, 0.25) is 0 Å². The van der Waals surface area contributed by atoms with Gasteiger partial charge in [0.25, 0.3) is 0 Å². The average molecular weight is 1880 g/mol. The molecule has 0 aromatic heterocycles. The predicted octanol–water partition coefficient (Wildman–Crippen LogP) is 40.9. The number of hydrogen-bond acceptors (Lipinski definition) is 0. The molecule has 0 unspecified atom stereocenters. The molecule has 734 valence electrons. The van der Waals surface area contributed by atoms with Gasteiger partial charge in [0.05, 0.1) is 5.41 Å². The summed E-state index contributed by atoms with van der Waals surface area (Å²) in [6.45, 7) is 64.1. The van der Waals surface area contributed by atoms with E-state index in [1.54, 1.807) is 12.1 Å². The zero-order valence-corrected chi connectivity index (χ0v) is 90.8. The average Bonchev–Trinajstić information content (AvgIpc) is 0.617. The number of aryl methyl sites for hydroxylation is 15. The van der Waals surface area contributed by atoms with Gasteiger partial charge in [0.2, 0.25) is 0 Å². The van der Waals surface area contributed by atoms with Gasteiger partial charge in [-0.1, -0.05) is 467 Å². The lowest BCUT2D eigenvalue weighted by molar-refractivity contribution is -0.211. The van der Waals surface area contributed by atoms with Crippen LogP contribution in [0.5, 0.6) is 0 Å². The second-order valence-electron chi connectivity index (χ2n) is 42.9. The van der Waals surface area contributed by atoms with E-state index in [0.29, 0.717) is 34.7 Å². The Morgan fingerprint density at radius 1 is 0.184 bits per heavy atom. The molecule has 0 aliphatic heterocycles. The molecule has 0 aliphatic rings. The molecule has 0 atom stereocenters. The molecule has 16 aromatic carbocycles. The molecule has 0 saturated carbocycles. The van der Waals surface area contributed by atoms with Crippen LogP contribution in [-0.2, 0) is 25.7 Å². The third-order valence-electron chi connectivity index (χ3n) is 26.8. The quantitative estimate of drug-likeness (QED) is 0.0803. The summed E-state index contributed by atoms with van der Waals surface area (Å²) < 4.78 is 38.8. The number of hydrogen-bond donors (Lipinski definition) is 0. The highest BCUT2D eigenvalue weighted by Crippen LogP contribution is 2.41. The highest BCUT2D eigenvalue weighted by atomic mass is 19.4. The summed E-state index contributed by atoms with van der Waals surface area (Å²) in [5.41, 5.74) is 48.4. The van der Waals surface area contributed by atoms with E-state index in [1.165, 1.54) is 209 Å². The zero-order valence-electron chi connectivity index (χ0n) is 90.8. The van der Waals surface area contributed by atoms with Crippen molar-refractivity contribution >= 4 is 0 Å². The van der Waals surface area contributed by atoms with Crippen LogP contribution in [0.3, 0.4) is 0 Å². The summed E-state index contributed by atoms with van der Waals surface area (Å²) in [5.74, 6) is 3.18. The Morgan fingerprint density at radius 2 is 0.369 bits per heavy atom. The molecular weight excluding hydrogens is 1710 g/mol. The molecule has 141 heavy (non-hydrogen) atoms. The minimum Gasteiger partial charge on any atom is -0.171 e. The SMILES string of the molecule is Cc1ccc(-c2ccc(C)c(C(C)C)c2)cc1.Cc1ccc(-c2ccc(C)c(C)c2)cc1.Cc1ccc(-c2ccc(CC(C)(C)C(F)(F)F)cc2)cc1C.Cc1ccc(-c2ccc(CC(C)(C)C)cc2)cc1C.Cc1ccc(-c2ccc(CC(C)C)cc2)cc1C.Cc1ccc(-c2ccc(CC(C)C)cc2)cc1C(C)C.Cc1ccc(-c2ccccc2)cc1C.Cc1ccc(-c2ccccc2)cc1C(C)C. The molecule has 0 nitrogen and oxygen atoms in total. The van der Waals surface area contributed by atoms with Crippen LogP contribution in [0.25, 0.3) is 89.0 Å². The van der Waals surface area contributed by atoms with Gasteiger partial charge in [0.15, 0.2) is 0 Å². The Morgan fingerprint density at radius 3 is 0.567 bits per heavy atom. The molecule has 0 amide bonds. The number of alkyl halides is 3. The summed E-state index contributed by atoms with van der Waals surface area (Å²) in [6, 6.07) is 126. The van der Waals surface area contributed by atoms with Gasteiger partial charge in [-0.15, -0.1) is 0 Å². The van der Waals surface area contributed by atoms with Crippen molar-refractivity contribution in [2.24, 2.45) is 22.7 Å². The molecule has 16 rings (SSSR count). The first kappa shape index (κ1) is 112. The minimum absolute atomic E-state index is 0.0102. The second kappa shape index (κ2) is 52.7. The van der Waals surface area contributed by atoms with E-state index in [-0.39, 0.29) is 6.42 Å². The Hall–Kier alpha value is -12.7. The summed E-state index contributed by atoms with van der Waals surface area (Å²) >= 11 is 0. The van der Waals surface area contributed by atoms with Gasteiger partial charge in [0, 0.05) is 0 Å². The fraction of sp³-hybridized carbons (Fsp3) is 0.304. The third-order valence-corrected chi connectivity index (χ3v) is 26.8. The normalized spacial score (nSPS) is 11.2. The molecule has 0 radical (unpaired) electrons. The molecule has 0 bridgehead atoms. The summed E-state index contributed by atoms with van der Waals surface area (Å²) in [5, 5.41) is 0. The van der Waals surface area contributed by atoms with Crippen molar-refractivity contribution in [2.45, 2.75) is 257 Å². The monoisotopic (exact) mass is 1880 g/mol. The van der Waals surface area contributed by atoms with Crippen molar-refractivity contribution in [1.29, 1.82) is 0 Å². The van der Waals surface area contributed by atoms with Crippen LogP contribution >= 0.6 is 0 Å². The summed E-state index contributed by atoms with van der Waals surface area (Å²) in [4.78, 5) is 0. The van der Waals surface area contributed by atoms with E-state index in [2.05, 4.69) is 509 Å². The Labute approximate surface area is 850 Å². The van der Waals surface area contributed by atoms with Crippen molar-refractivity contribution in [2.75, 3.05) is 0 Å². The molecule has 3 heteroatoms. The Bertz CT molecular complexity index is 6560. The molecule has 0 N–H and O–H groups in total. The van der Waals surface area contributed by atoms with Gasteiger partial charge in [-0.25, -0.2) is 0 Å². The van der Waals surface area contributed by atoms with Crippen molar-refractivity contribution in [3.8, 4) is 89.0 Å². The van der Waals surface area contributed by atoms with E-state index in [4.69, 9.17) is 0 Å². The number of benzene rings is 16. The second-order valence-corrected chi connectivity index (χ2v) is 42.9. The number of rotatable bonds is 18. The lowest BCUT2D eigenvalue weighted by atomic mass is 9.84. The van der Waals surface area contributed by atoms with E-state index < -0.39 is 11.6 Å². The predicted molar refractivity (Wildman–Crippen MR) is 612 cm³/mol. The maximum atomic E-state index is 12.9. The van der Waals surface area contributed by atoms with Crippen molar-refractivity contribution in [1.82, 2.24) is 0 Å². The van der Waals surface area contributed by atoms with E-state index in [9.17, 15) is 13.2 Å². The molecule has 16 aromatic rings. The fourth-order valence-corrected chi connectivity index (χ4v) is 17.1. The van der Waals surface area contributed by atoms with Crippen molar-refractivity contribution in [3.05, 3.63) is 474 Å². The lowest BCUT2D eigenvalue weighted by Gasteiger charge is -2.27. The Kier molecular flexibility index (Phi) is 41.8. The maximum absolute atomic E-state index is 12.9. The molecule has 0 spiro atoms. The zero-order chi connectivity index (χ0) is 103. The van der Waals surface area contributed by atoms with Gasteiger partial charge >= 0.3 is 6.18 Å². The van der Waals surface area contributed by atoms with Crippen LogP contribution < -0.4 is 0 Å².